The highest BCUT2D eigenvalue weighted by Gasteiger charge is 2.19. The van der Waals surface area contributed by atoms with Crippen LogP contribution in [0.2, 0.25) is 0 Å². The van der Waals surface area contributed by atoms with Crippen molar-refractivity contribution in [2.45, 2.75) is 51.6 Å². The van der Waals surface area contributed by atoms with Gasteiger partial charge >= 0.3 is 0 Å². The van der Waals surface area contributed by atoms with Gasteiger partial charge in [-0.15, -0.1) is 0 Å². The Morgan fingerprint density at radius 3 is 3.14 bits per heavy atom. The van der Waals surface area contributed by atoms with Crippen molar-refractivity contribution in [3.63, 3.8) is 0 Å². The third kappa shape index (κ3) is 4.98. The first-order valence-corrected chi connectivity index (χ1v) is 8.24. The van der Waals surface area contributed by atoms with E-state index in [0.29, 0.717) is 31.5 Å². The average molecular weight is 305 g/mol. The summed E-state index contributed by atoms with van der Waals surface area (Å²) in [5, 5.41) is 2.97. The molecule has 1 saturated heterocycles. The van der Waals surface area contributed by atoms with Crippen molar-refractivity contribution in [3.8, 4) is 5.88 Å². The Morgan fingerprint density at radius 2 is 2.36 bits per heavy atom. The molecule has 1 amide bonds. The number of aromatic nitrogens is 1. The number of pyridine rings is 1. The normalized spacial score (nSPS) is 18.9. The molecule has 122 valence electrons. The largest absolute Gasteiger partial charge is 0.478 e. The van der Waals surface area contributed by atoms with Crippen LogP contribution in [0.25, 0.3) is 0 Å². The molecule has 1 N–H and O–H groups in total. The van der Waals surface area contributed by atoms with E-state index in [1.165, 1.54) is 19.3 Å². The number of ether oxygens (including phenoxy) is 1. The van der Waals surface area contributed by atoms with Gasteiger partial charge in [0.15, 0.2) is 0 Å². The van der Waals surface area contributed by atoms with E-state index in [1.54, 1.807) is 6.20 Å². The summed E-state index contributed by atoms with van der Waals surface area (Å²) in [5.74, 6) is 0.711. The fourth-order valence-corrected chi connectivity index (χ4v) is 2.91. The summed E-state index contributed by atoms with van der Waals surface area (Å²) in [6.07, 6.45) is 6.99. The van der Waals surface area contributed by atoms with Gasteiger partial charge in [-0.05, 0) is 45.8 Å². The summed E-state index contributed by atoms with van der Waals surface area (Å²) in [6, 6.07) is 4.35. The second-order valence-electron chi connectivity index (χ2n) is 5.85. The number of hydrogen-bond donors (Lipinski definition) is 1. The third-order valence-electron chi connectivity index (χ3n) is 4.23. The van der Waals surface area contributed by atoms with Crippen molar-refractivity contribution in [1.82, 2.24) is 15.2 Å². The van der Waals surface area contributed by atoms with Crippen LogP contribution < -0.4 is 10.1 Å². The molecule has 1 aliphatic rings. The molecule has 1 atom stereocenters. The van der Waals surface area contributed by atoms with Crippen molar-refractivity contribution in [2.75, 3.05) is 20.2 Å². The van der Waals surface area contributed by atoms with Crippen LogP contribution >= 0.6 is 0 Å². The van der Waals surface area contributed by atoms with E-state index in [2.05, 4.69) is 22.2 Å². The molecule has 0 spiro atoms. The standard InChI is InChI=1S/C17H27N3O2/c1-3-22-17-14(7-6-11-18-17)13-19-16(21)10-9-15-8-4-5-12-20(15)2/h6-7,11,15H,3-5,8-10,12-13H2,1-2H3,(H,19,21)/t15-/m1/s1. The van der Waals surface area contributed by atoms with Gasteiger partial charge in [-0.3, -0.25) is 4.79 Å². The second-order valence-corrected chi connectivity index (χ2v) is 5.85. The molecule has 0 unspecified atom stereocenters. The summed E-state index contributed by atoms with van der Waals surface area (Å²) in [5.41, 5.74) is 0.924. The van der Waals surface area contributed by atoms with Gasteiger partial charge in [-0.1, -0.05) is 12.5 Å². The molecule has 1 aliphatic heterocycles. The Bertz CT molecular complexity index is 479. The fraction of sp³-hybridized carbons (Fsp3) is 0.647. The molecule has 0 aromatic carbocycles. The van der Waals surface area contributed by atoms with E-state index >= 15 is 0 Å². The number of carbonyl (C=O) groups is 1. The molecule has 1 fully saturated rings. The predicted molar refractivity (Wildman–Crippen MR) is 86.8 cm³/mol. The highest BCUT2D eigenvalue weighted by molar-refractivity contribution is 5.75. The summed E-state index contributed by atoms with van der Waals surface area (Å²) in [7, 11) is 2.16. The Balaban J connectivity index is 1.75. The van der Waals surface area contributed by atoms with E-state index < -0.39 is 0 Å². The van der Waals surface area contributed by atoms with Crippen LogP contribution in [0.15, 0.2) is 18.3 Å². The number of piperidine rings is 1. The van der Waals surface area contributed by atoms with Crippen LogP contribution in [0.4, 0.5) is 0 Å². The topological polar surface area (TPSA) is 54.5 Å². The SMILES string of the molecule is CCOc1ncccc1CNC(=O)CC[C@H]1CCCCN1C. The lowest BCUT2D eigenvalue weighted by Gasteiger charge is -2.32. The Hall–Kier alpha value is -1.62. The maximum Gasteiger partial charge on any atom is 0.220 e. The van der Waals surface area contributed by atoms with E-state index in [4.69, 9.17) is 4.74 Å². The summed E-state index contributed by atoms with van der Waals surface area (Å²) < 4.78 is 5.47. The van der Waals surface area contributed by atoms with Gasteiger partial charge < -0.3 is 15.0 Å². The number of nitrogens with zero attached hydrogens (tertiary/aromatic N) is 2. The molecule has 5 nitrogen and oxygen atoms in total. The quantitative estimate of drug-likeness (QED) is 0.840. The molecule has 0 radical (unpaired) electrons. The number of rotatable bonds is 7. The van der Waals surface area contributed by atoms with Gasteiger partial charge in [0.1, 0.15) is 0 Å². The molecular weight excluding hydrogens is 278 g/mol. The Kier molecular flexibility index (Phi) is 6.65. The molecule has 0 aliphatic carbocycles. The van der Waals surface area contributed by atoms with Crippen LogP contribution in [0.1, 0.15) is 44.6 Å². The number of likely N-dealkylation sites (tertiary alicyclic amines) is 1. The van der Waals surface area contributed by atoms with Crippen molar-refractivity contribution in [2.24, 2.45) is 0 Å². The minimum Gasteiger partial charge on any atom is -0.478 e. The summed E-state index contributed by atoms with van der Waals surface area (Å²) in [4.78, 5) is 18.6. The fourth-order valence-electron chi connectivity index (χ4n) is 2.91. The van der Waals surface area contributed by atoms with Crippen molar-refractivity contribution >= 4 is 5.91 Å². The Labute approximate surface area is 133 Å². The molecule has 2 heterocycles. The number of carbonyl (C=O) groups excluding carboxylic acids is 1. The molecular formula is C17H27N3O2. The third-order valence-corrected chi connectivity index (χ3v) is 4.23. The highest BCUT2D eigenvalue weighted by Crippen LogP contribution is 2.19. The van der Waals surface area contributed by atoms with E-state index in [9.17, 15) is 4.79 Å². The number of nitrogens with one attached hydrogen (secondary N) is 1. The van der Waals surface area contributed by atoms with E-state index in [-0.39, 0.29) is 5.91 Å². The van der Waals surface area contributed by atoms with Gasteiger partial charge in [0, 0.05) is 30.8 Å². The lowest BCUT2D eigenvalue weighted by atomic mass is 9.98. The maximum atomic E-state index is 12.0. The van der Waals surface area contributed by atoms with Crippen molar-refractivity contribution in [3.05, 3.63) is 23.9 Å². The van der Waals surface area contributed by atoms with Crippen molar-refractivity contribution in [1.29, 1.82) is 0 Å². The van der Waals surface area contributed by atoms with Gasteiger partial charge in [0.25, 0.3) is 0 Å². The minimum atomic E-state index is 0.102. The van der Waals surface area contributed by atoms with Crippen LogP contribution in [0.3, 0.4) is 0 Å². The van der Waals surface area contributed by atoms with Crippen molar-refractivity contribution < 1.29 is 9.53 Å². The first kappa shape index (κ1) is 16.7. The molecule has 1 aromatic rings. The van der Waals surface area contributed by atoms with Gasteiger partial charge in [0.2, 0.25) is 11.8 Å². The van der Waals surface area contributed by atoms with Gasteiger partial charge in [-0.25, -0.2) is 4.98 Å². The van der Waals surface area contributed by atoms with E-state index in [0.717, 1.165) is 18.5 Å². The molecule has 1 aromatic heterocycles. The predicted octanol–water partition coefficient (Wildman–Crippen LogP) is 2.36. The molecule has 0 saturated carbocycles. The summed E-state index contributed by atoms with van der Waals surface area (Å²) >= 11 is 0. The number of amides is 1. The summed E-state index contributed by atoms with van der Waals surface area (Å²) in [6.45, 7) is 4.13. The van der Waals surface area contributed by atoms with Crippen LogP contribution in [-0.4, -0.2) is 42.0 Å². The zero-order valence-corrected chi connectivity index (χ0v) is 13.7. The van der Waals surface area contributed by atoms with Gasteiger partial charge in [-0.2, -0.15) is 0 Å². The maximum absolute atomic E-state index is 12.0. The molecule has 0 bridgehead atoms. The number of hydrogen-bond acceptors (Lipinski definition) is 4. The first-order valence-electron chi connectivity index (χ1n) is 8.24. The molecule has 22 heavy (non-hydrogen) atoms. The van der Waals surface area contributed by atoms with Crippen LogP contribution in [0, 0.1) is 0 Å². The smallest absolute Gasteiger partial charge is 0.220 e. The minimum absolute atomic E-state index is 0.102. The molecule has 5 heteroatoms. The molecule has 2 rings (SSSR count). The lowest BCUT2D eigenvalue weighted by Crippen LogP contribution is -2.37. The van der Waals surface area contributed by atoms with Gasteiger partial charge in [0.05, 0.1) is 6.61 Å². The monoisotopic (exact) mass is 305 g/mol. The van der Waals surface area contributed by atoms with Crippen LogP contribution in [0.5, 0.6) is 5.88 Å². The first-order chi connectivity index (χ1) is 10.7. The average Bonchev–Trinajstić information content (AvgIpc) is 2.53. The second kappa shape index (κ2) is 8.73. The van der Waals surface area contributed by atoms with E-state index in [1.807, 2.05) is 19.1 Å². The lowest BCUT2D eigenvalue weighted by molar-refractivity contribution is -0.121. The Morgan fingerprint density at radius 1 is 1.50 bits per heavy atom. The highest BCUT2D eigenvalue weighted by atomic mass is 16.5. The van der Waals surface area contributed by atoms with Crippen LogP contribution in [-0.2, 0) is 11.3 Å². The zero-order valence-electron chi connectivity index (χ0n) is 13.7. The zero-order chi connectivity index (χ0) is 15.8.